The number of hydrogen-bond acceptors (Lipinski definition) is 7. The van der Waals surface area contributed by atoms with Gasteiger partial charge in [-0.05, 0) is 29.8 Å². The van der Waals surface area contributed by atoms with Gasteiger partial charge in [0, 0.05) is 5.38 Å². The molecule has 2 N–H and O–H groups in total. The average Bonchev–Trinajstić information content (AvgIpc) is 3.19. The molecule has 0 spiro atoms. The number of rotatable bonds is 4. The number of hydrazone groups is 1. The normalized spacial score (nSPS) is 20.2. The maximum atomic E-state index is 13.5. The lowest BCUT2D eigenvalue weighted by atomic mass is 10.0. The standard InChI is InChI=1S/C15H12F3N3O4S/c1-25-9-4-2-8(3-5-9)10-6-14(24,15(16,17)18)21(20-10)13-19-11(7-26-13)12(22)23/h2-5,7,24H,6H2,1H3,(H,22,23)/t14-/m1/s1. The fourth-order valence-corrected chi connectivity index (χ4v) is 3.18. The van der Waals surface area contributed by atoms with Gasteiger partial charge in [0.1, 0.15) is 5.75 Å². The molecule has 1 atom stereocenters. The summed E-state index contributed by atoms with van der Waals surface area (Å²) in [7, 11) is 1.45. The van der Waals surface area contributed by atoms with Gasteiger partial charge in [-0.1, -0.05) is 0 Å². The molecule has 3 rings (SSSR count). The van der Waals surface area contributed by atoms with Crippen LogP contribution in [0, 0.1) is 0 Å². The van der Waals surface area contributed by atoms with Crippen LogP contribution in [-0.2, 0) is 0 Å². The third kappa shape index (κ3) is 2.99. The zero-order valence-corrected chi connectivity index (χ0v) is 14.0. The van der Waals surface area contributed by atoms with Crippen LogP contribution < -0.4 is 9.75 Å². The van der Waals surface area contributed by atoms with Gasteiger partial charge < -0.3 is 14.9 Å². The molecule has 0 saturated carbocycles. The number of nitrogens with zero attached hydrogens (tertiary/aromatic N) is 3. The van der Waals surface area contributed by atoms with Crippen molar-refractivity contribution in [1.82, 2.24) is 4.98 Å². The molecule has 11 heteroatoms. The van der Waals surface area contributed by atoms with Crippen molar-refractivity contribution in [2.75, 3.05) is 12.1 Å². The number of ether oxygens (including phenoxy) is 1. The molecule has 0 saturated heterocycles. The van der Waals surface area contributed by atoms with E-state index in [1.165, 1.54) is 19.2 Å². The first kappa shape index (κ1) is 18.1. The van der Waals surface area contributed by atoms with E-state index in [0.717, 1.165) is 5.38 Å². The van der Waals surface area contributed by atoms with Crippen molar-refractivity contribution >= 4 is 28.1 Å². The minimum Gasteiger partial charge on any atom is -0.497 e. The predicted octanol–water partition coefficient (Wildman–Crippen LogP) is 2.72. The Morgan fingerprint density at radius 3 is 2.50 bits per heavy atom. The molecular weight excluding hydrogens is 375 g/mol. The third-order valence-corrected chi connectivity index (χ3v) is 4.57. The summed E-state index contributed by atoms with van der Waals surface area (Å²) in [5.74, 6) is -0.872. The SMILES string of the molecule is COc1ccc(C2=NN(c3nc(C(=O)O)cs3)[C@](O)(C(F)(F)F)C2)cc1. The Kier molecular flexibility index (Phi) is 4.36. The highest BCUT2D eigenvalue weighted by Crippen LogP contribution is 2.44. The number of carboxylic acids is 1. The van der Waals surface area contributed by atoms with E-state index in [2.05, 4.69) is 10.1 Å². The maximum Gasteiger partial charge on any atom is 0.438 e. The maximum absolute atomic E-state index is 13.5. The number of aromatic nitrogens is 1. The number of anilines is 1. The number of alkyl halides is 3. The van der Waals surface area contributed by atoms with Crippen molar-refractivity contribution in [1.29, 1.82) is 0 Å². The van der Waals surface area contributed by atoms with E-state index in [9.17, 15) is 23.1 Å². The Morgan fingerprint density at radius 2 is 2.00 bits per heavy atom. The van der Waals surface area contributed by atoms with Crippen molar-refractivity contribution in [3.05, 3.63) is 40.9 Å². The molecular formula is C15H12F3N3O4S. The predicted molar refractivity (Wildman–Crippen MR) is 86.7 cm³/mol. The quantitative estimate of drug-likeness (QED) is 0.838. The first-order valence-corrected chi connectivity index (χ1v) is 8.04. The highest BCUT2D eigenvalue weighted by molar-refractivity contribution is 7.14. The first-order valence-electron chi connectivity index (χ1n) is 7.16. The number of benzene rings is 1. The van der Waals surface area contributed by atoms with Gasteiger partial charge in [-0.25, -0.2) is 9.78 Å². The molecule has 0 unspecified atom stereocenters. The van der Waals surface area contributed by atoms with Gasteiger partial charge in [0.2, 0.25) is 5.13 Å². The summed E-state index contributed by atoms with van der Waals surface area (Å²) in [4.78, 5) is 14.5. The highest BCUT2D eigenvalue weighted by atomic mass is 32.1. The van der Waals surface area contributed by atoms with Gasteiger partial charge >= 0.3 is 12.1 Å². The lowest BCUT2D eigenvalue weighted by Gasteiger charge is -2.32. The summed E-state index contributed by atoms with van der Waals surface area (Å²) in [6.45, 7) is 0. The Hall–Kier alpha value is -2.66. The van der Waals surface area contributed by atoms with Crippen LogP contribution >= 0.6 is 11.3 Å². The van der Waals surface area contributed by atoms with Gasteiger partial charge in [0.05, 0.1) is 19.2 Å². The number of aliphatic hydroxyl groups is 1. The molecule has 138 valence electrons. The van der Waals surface area contributed by atoms with E-state index in [1.54, 1.807) is 12.1 Å². The molecule has 7 nitrogen and oxygen atoms in total. The van der Waals surface area contributed by atoms with Gasteiger partial charge in [-0.15, -0.1) is 11.3 Å². The highest BCUT2D eigenvalue weighted by Gasteiger charge is 2.62. The fraction of sp³-hybridized carbons (Fsp3) is 0.267. The minimum atomic E-state index is -5.04. The molecule has 0 fully saturated rings. The number of hydrogen-bond donors (Lipinski definition) is 2. The van der Waals surface area contributed by atoms with Gasteiger partial charge in [-0.2, -0.15) is 23.3 Å². The van der Waals surface area contributed by atoms with E-state index < -0.39 is 30.0 Å². The van der Waals surface area contributed by atoms with Gasteiger partial charge in [0.25, 0.3) is 5.72 Å². The van der Waals surface area contributed by atoms with Crippen LogP contribution in [0.1, 0.15) is 22.5 Å². The van der Waals surface area contributed by atoms with Crippen LogP contribution in [0.3, 0.4) is 0 Å². The Bertz CT molecular complexity index is 866. The summed E-state index contributed by atoms with van der Waals surface area (Å²) in [5.41, 5.74) is -3.40. The van der Waals surface area contributed by atoms with Crippen LogP contribution in [0.4, 0.5) is 18.3 Å². The summed E-state index contributed by atoms with van der Waals surface area (Å²) in [6.07, 6.45) is -5.87. The topological polar surface area (TPSA) is 95.2 Å². The van der Waals surface area contributed by atoms with E-state index in [4.69, 9.17) is 9.84 Å². The monoisotopic (exact) mass is 387 g/mol. The van der Waals surface area contributed by atoms with E-state index in [-0.39, 0.29) is 10.8 Å². The molecule has 1 aliphatic heterocycles. The molecule has 0 amide bonds. The van der Waals surface area contributed by atoms with E-state index >= 15 is 0 Å². The van der Waals surface area contributed by atoms with Crippen LogP contribution in [-0.4, -0.2) is 45.9 Å². The summed E-state index contributed by atoms with van der Waals surface area (Å²) < 4.78 is 45.6. The van der Waals surface area contributed by atoms with Crippen LogP contribution in [0.15, 0.2) is 34.7 Å². The molecule has 1 aromatic heterocycles. The second-order valence-corrected chi connectivity index (χ2v) is 6.24. The number of carbonyl (C=O) groups is 1. The van der Waals surface area contributed by atoms with E-state index in [0.29, 0.717) is 27.7 Å². The lowest BCUT2D eigenvalue weighted by Crippen LogP contribution is -2.55. The summed E-state index contributed by atoms with van der Waals surface area (Å²) in [5, 5.41) is 24.1. The first-order chi connectivity index (χ1) is 12.2. The molecule has 0 aliphatic carbocycles. The van der Waals surface area contributed by atoms with Crippen molar-refractivity contribution in [3.8, 4) is 5.75 Å². The lowest BCUT2D eigenvalue weighted by molar-refractivity contribution is -0.254. The molecule has 2 aromatic rings. The number of aromatic carboxylic acids is 1. The smallest absolute Gasteiger partial charge is 0.438 e. The third-order valence-electron chi connectivity index (χ3n) is 3.75. The van der Waals surface area contributed by atoms with Crippen LogP contribution in [0.5, 0.6) is 5.75 Å². The van der Waals surface area contributed by atoms with Crippen molar-refractivity contribution in [3.63, 3.8) is 0 Å². The minimum absolute atomic E-state index is 0.0143. The van der Waals surface area contributed by atoms with Gasteiger partial charge in [0.15, 0.2) is 5.69 Å². The molecule has 26 heavy (non-hydrogen) atoms. The molecule has 0 bridgehead atoms. The molecule has 0 radical (unpaired) electrons. The number of carboxylic acid groups (broad SMARTS) is 1. The number of thiazole rings is 1. The number of halogens is 3. The molecule has 2 heterocycles. The Balaban J connectivity index is 2.03. The Morgan fingerprint density at radius 1 is 1.35 bits per heavy atom. The van der Waals surface area contributed by atoms with Gasteiger partial charge in [-0.3, -0.25) is 0 Å². The second-order valence-electron chi connectivity index (χ2n) is 5.40. The van der Waals surface area contributed by atoms with E-state index in [1.807, 2.05) is 0 Å². The van der Waals surface area contributed by atoms with Crippen molar-refractivity contribution in [2.24, 2.45) is 5.10 Å². The summed E-state index contributed by atoms with van der Waals surface area (Å²) in [6, 6.07) is 6.14. The van der Waals surface area contributed by atoms with Crippen molar-refractivity contribution in [2.45, 2.75) is 18.3 Å². The molecule has 1 aromatic carbocycles. The second kappa shape index (κ2) is 6.25. The fourth-order valence-electron chi connectivity index (χ4n) is 2.37. The van der Waals surface area contributed by atoms with Crippen molar-refractivity contribution < 1.29 is 32.9 Å². The van der Waals surface area contributed by atoms with Crippen LogP contribution in [0.25, 0.3) is 0 Å². The average molecular weight is 387 g/mol. The largest absolute Gasteiger partial charge is 0.497 e. The summed E-state index contributed by atoms with van der Waals surface area (Å²) >= 11 is 0.644. The zero-order chi connectivity index (χ0) is 19.1. The Labute approximate surface area is 149 Å². The zero-order valence-electron chi connectivity index (χ0n) is 13.2. The molecule has 1 aliphatic rings. The van der Waals surface area contributed by atoms with Crippen LogP contribution in [0.2, 0.25) is 0 Å². The number of methoxy groups -OCH3 is 1.